The summed E-state index contributed by atoms with van der Waals surface area (Å²) in [6.07, 6.45) is 0.875. The van der Waals surface area contributed by atoms with Crippen LogP contribution in [0.1, 0.15) is 24.5 Å². The van der Waals surface area contributed by atoms with Crippen LogP contribution in [0.5, 0.6) is 11.5 Å². The van der Waals surface area contributed by atoms with Crippen molar-refractivity contribution >= 4 is 40.1 Å². The average molecular weight is 515 g/mol. The Kier molecular flexibility index (Phi) is 8.33. The predicted molar refractivity (Wildman–Crippen MR) is 153 cm³/mol. The maximum absolute atomic E-state index is 13.3. The normalized spacial score (nSPS) is 13.6. The molecule has 1 aliphatic rings. The first kappa shape index (κ1) is 26.8. The van der Waals surface area contributed by atoms with Crippen molar-refractivity contribution in [1.29, 1.82) is 0 Å². The fourth-order valence-electron chi connectivity index (χ4n) is 4.51. The minimum absolute atomic E-state index is 0.000155. The molecular formula is C30H34N4O4. The Bertz CT molecular complexity index is 1330. The molecule has 38 heavy (non-hydrogen) atoms. The van der Waals surface area contributed by atoms with Crippen LogP contribution in [0.4, 0.5) is 17.1 Å². The second-order valence-electron chi connectivity index (χ2n) is 9.32. The number of benzene rings is 3. The van der Waals surface area contributed by atoms with Gasteiger partial charge in [-0.1, -0.05) is 30.3 Å². The Balaban J connectivity index is 1.71. The number of hydrogen-bond donors (Lipinski definition) is 2. The van der Waals surface area contributed by atoms with Gasteiger partial charge in [0.05, 0.1) is 31.2 Å². The fraction of sp³-hybridized carbons (Fsp3) is 0.267. The molecule has 0 fully saturated rings. The second-order valence-corrected chi connectivity index (χ2v) is 9.32. The molecule has 0 aliphatic carbocycles. The van der Waals surface area contributed by atoms with E-state index in [4.69, 9.17) is 9.47 Å². The summed E-state index contributed by atoms with van der Waals surface area (Å²) in [5, 5.41) is 6.42. The van der Waals surface area contributed by atoms with E-state index in [-0.39, 0.29) is 11.8 Å². The summed E-state index contributed by atoms with van der Waals surface area (Å²) in [5.74, 6) is 0.857. The van der Waals surface area contributed by atoms with Gasteiger partial charge in [-0.15, -0.1) is 0 Å². The van der Waals surface area contributed by atoms with Crippen molar-refractivity contribution in [3.8, 4) is 11.5 Å². The van der Waals surface area contributed by atoms with Gasteiger partial charge in [-0.05, 0) is 63.0 Å². The highest BCUT2D eigenvalue weighted by atomic mass is 16.5. The molecule has 0 radical (unpaired) electrons. The molecule has 8 heteroatoms. The number of hydrogen-bond acceptors (Lipinski definition) is 6. The first-order chi connectivity index (χ1) is 18.3. The lowest BCUT2D eigenvalue weighted by Gasteiger charge is -2.23. The molecule has 2 N–H and O–H groups in total. The van der Waals surface area contributed by atoms with Gasteiger partial charge in [0, 0.05) is 36.5 Å². The number of carbonyl (C=O) groups is 2. The number of carbonyl (C=O) groups excluding carboxylic acids is 2. The quantitative estimate of drug-likeness (QED) is 0.373. The van der Waals surface area contributed by atoms with Gasteiger partial charge < -0.3 is 29.9 Å². The van der Waals surface area contributed by atoms with Crippen LogP contribution in [-0.2, 0) is 9.59 Å². The number of amides is 2. The van der Waals surface area contributed by atoms with Gasteiger partial charge in [-0.3, -0.25) is 9.59 Å². The van der Waals surface area contributed by atoms with Crippen molar-refractivity contribution < 1.29 is 19.1 Å². The molecule has 0 aromatic heterocycles. The molecule has 8 nitrogen and oxygen atoms in total. The third-order valence-electron chi connectivity index (χ3n) is 6.40. The van der Waals surface area contributed by atoms with Crippen molar-refractivity contribution in [2.24, 2.45) is 0 Å². The van der Waals surface area contributed by atoms with Gasteiger partial charge in [-0.2, -0.15) is 0 Å². The van der Waals surface area contributed by atoms with Gasteiger partial charge in [0.15, 0.2) is 11.5 Å². The summed E-state index contributed by atoms with van der Waals surface area (Å²) >= 11 is 0. The van der Waals surface area contributed by atoms with Crippen LogP contribution < -0.4 is 25.0 Å². The van der Waals surface area contributed by atoms with E-state index in [1.165, 1.54) is 0 Å². The Hall–Kier alpha value is -4.30. The molecule has 0 bridgehead atoms. The van der Waals surface area contributed by atoms with Crippen molar-refractivity contribution in [3.63, 3.8) is 0 Å². The summed E-state index contributed by atoms with van der Waals surface area (Å²) in [6, 6.07) is 21.0. The van der Waals surface area contributed by atoms with Crippen molar-refractivity contribution in [2.45, 2.75) is 13.3 Å². The van der Waals surface area contributed by atoms with E-state index < -0.39 is 0 Å². The van der Waals surface area contributed by atoms with E-state index in [1.54, 1.807) is 32.1 Å². The van der Waals surface area contributed by atoms with E-state index in [0.717, 1.165) is 35.5 Å². The Morgan fingerprint density at radius 2 is 1.58 bits per heavy atom. The topological polar surface area (TPSA) is 83.1 Å². The van der Waals surface area contributed by atoms with Crippen LogP contribution >= 0.6 is 0 Å². The third-order valence-corrected chi connectivity index (χ3v) is 6.40. The van der Waals surface area contributed by atoms with E-state index in [1.807, 2.05) is 74.8 Å². The van der Waals surface area contributed by atoms with Crippen LogP contribution in [-0.4, -0.2) is 58.1 Å². The second kappa shape index (κ2) is 11.8. The van der Waals surface area contributed by atoms with Gasteiger partial charge in [0.2, 0.25) is 5.91 Å². The number of nitrogens with zero attached hydrogens (tertiary/aromatic N) is 2. The first-order valence-corrected chi connectivity index (χ1v) is 12.5. The summed E-state index contributed by atoms with van der Waals surface area (Å²) in [6.45, 7) is 3.12. The molecule has 198 valence electrons. The zero-order valence-electron chi connectivity index (χ0n) is 22.5. The molecule has 0 saturated heterocycles. The Labute approximate surface area is 223 Å². The highest BCUT2D eigenvalue weighted by Crippen LogP contribution is 2.43. The van der Waals surface area contributed by atoms with E-state index >= 15 is 0 Å². The zero-order valence-corrected chi connectivity index (χ0v) is 22.5. The molecule has 0 saturated carbocycles. The third kappa shape index (κ3) is 5.81. The Morgan fingerprint density at radius 3 is 2.18 bits per heavy atom. The summed E-state index contributed by atoms with van der Waals surface area (Å²) in [7, 11) is 7.18. The molecule has 4 rings (SSSR count). The molecule has 1 aliphatic heterocycles. The lowest BCUT2D eigenvalue weighted by Crippen LogP contribution is -2.31. The lowest BCUT2D eigenvalue weighted by molar-refractivity contribution is -0.116. The predicted octanol–water partition coefficient (Wildman–Crippen LogP) is 4.94. The molecule has 0 spiro atoms. The minimum Gasteiger partial charge on any atom is -0.493 e. The number of rotatable bonds is 10. The van der Waals surface area contributed by atoms with Gasteiger partial charge in [0.1, 0.15) is 0 Å². The smallest absolute Gasteiger partial charge is 0.258 e. The maximum atomic E-state index is 13.3. The first-order valence-electron chi connectivity index (χ1n) is 12.5. The number of anilines is 3. The molecule has 2 amide bonds. The summed E-state index contributed by atoms with van der Waals surface area (Å²) in [4.78, 5) is 29.5. The van der Waals surface area contributed by atoms with Crippen LogP contribution in [0.25, 0.3) is 11.3 Å². The fourth-order valence-corrected chi connectivity index (χ4v) is 4.51. The maximum Gasteiger partial charge on any atom is 0.258 e. The van der Waals surface area contributed by atoms with Crippen molar-refractivity contribution in [1.82, 2.24) is 4.90 Å². The van der Waals surface area contributed by atoms with Crippen molar-refractivity contribution in [3.05, 3.63) is 77.9 Å². The lowest BCUT2D eigenvalue weighted by atomic mass is 9.99. The average Bonchev–Trinajstić information content (AvgIpc) is 3.23. The highest BCUT2D eigenvalue weighted by molar-refractivity contribution is 6.37. The largest absolute Gasteiger partial charge is 0.493 e. The molecule has 3 aromatic rings. The van der Waals surface area contributed by atoms with Crippen LogP contribution in [0, 0.1) is 0 Å². The number of ether oxygens (including phenoxy) is 2. The van der Waals surface area contributed by atoms with Gasteiger partial charge >= 0.3 is 0 Å². The van der Waals surface area contributed by atoms with E-state index in [0.29, 0.717) is 35.0 Å². The van der Waals surface area contributed by atoms with Gasteiger partial charge in [-0.25, -0.2) is 0 Å². The summed E-state index contributed by atoms with van der Waals surface area (Å²) < 4.78 is 10.9. The number of nitrogens with one attached hydrogen (secondary N) is 2. The molecule has 3 aromatic carbocycles. The Morgan fingerprint density at radius 1 is 0.921 bits per heavy atom. The number of fused-ring (bicyclic) bond motifs is 1. The van der Waals surface area contributed by atoms with E-state index in [2.05, 4.69) is 15.5 Å². The van der Waals surface area contributed by atoms with Crippen LogP contribution in [0.3, 0.4) is 0 Å². The minimum atomic E-state index is -0.220. The molecule has 0 unspecified atom stereocenters. The van der Waals surface area contributed by atoms with Crippen LogP contribution in [0.15, 0.2) is 66.7 Å². The number of methoxy groups -OCH3 is 2. The standard InChI is InChI=1S/C30H34N4O4/c1-20(35)34(17-9-16-33(2)3)23-14-12-22(13-15-23)31-29(21-10-7-6-8-11-21)28-24-18-26(37-4)27(38-5)19-25(24)32-30(28)36/h6-8,10-15,18-19,31H,9,16-17H2,1-5H3,(H,32,36). The SMILES string of the molecule is COc1cc2c(cc1OC)C(=C(Nc1ccc(N(CCCN(C)C)C(C)=O)cc1)c1ccccc1)C(=O)N2. The van der Waals surface area contributed by atoms with E-state index in [9.17, 15) is 9.59 Å². The molecule has 0 atom stereocenters. The summed E-state index contributed by atoms with van der Waals surface area (Å²) in [5.41, 5.74) is 5.03. The van der Waals surface area contributed by atoms with Crippen LogP contribution in [0.2, 0.25) is 0 Å². The van der Waals surface area contributed by atoms with Gasteiger partial charge in [0.25, 0.3) is 5.91 Å². The zero-order chi connectivity index (χ0) is 27.2. The van der Waals surface area contributed by atoms with Crippen molar-refractivity contribution in [2.75, 3.05) is 56.9 Å². The molecule has 1 heterocycles. The highest BCUT2D eigenvalue weighted by Gasteiger charge is 2.30. The monoisotopic (exact) mass is 514 g/mol. The molecular weight excluding hydrogens is 480 g/mol.